The SMILES string of the molecule is C[C@@H](Br)[C@@H](NC(=O)OCc1ccccc1)N1C(=O)CCC1=O. The van der Waals surface area contributed by atoms with Crippen LogP contribution in [0, 0.1) is 0 Å². The summed E-state index contributed by atoms with van der Waals surface area (Å²) in [4.78, 5) is 36.3. The van der Waals surface area contributed by atoms with E-state index in [-0.39, 0.29) is 36.1 Å². The van der Waals surface area contributed by atoms with Gasteiger partial charge in [0.25, 0.3) is 0 Å². The molecule has 0 radical (unpaired) electrons. The van der Waals surface area contributed by atoms with Gasteiger partial charge in [-0.2, -0.15) is 0 Å². The summed E-state index contributed by atoms with van der Waals surface area (Å²) in [5.74, 6) is -0.575. The quantitative estimate of drug-likeness (QED) is 0.638. The summed E-state index contributed by atoms with van der Waals surface area (Å²) in [7, 11) is 0. The second-order valence-corrected chi connectivity index (χ2v) is 6.43. The zero-order chi connectivity index (χ0) is 16.1. The van der Waals surface area contributed by atoms with Crippen LogP contribution in [0.4, 0.5) is 4.79 Å². The number of carbonyl (C=O) groups excluding carboxylic acids is 3. The number of alkyl carbamates (subject to hydrolysis) is 1. The Morgan fingerprint density at radius 1 is 1.27 bits per heavy atom. The van der Waals surface area contributed by atoms with Crippen LogP contribution in [0.15, 0.2) is 30.3 Å². The maximum atomic E-state index is 11.9. The van der Waals surface area contributed by atoms with Crippen LogP contribution < -0.4 is 5.32 Å². The molecule has 1 saturated heterocycles. The predicted molar refractivity (Wildman–Crippen MR) is 83.0 cm³/mol. The van der Waals surface area contributed by atoms with Crippen LogP contribution in [0.3, 0.4) is 0 Å². The van der Waals surface area contributed by atoms with Crippen molar-refractivity contribution in [1.29, 1.82) is 0 Å². The minimum absolute atomic E-state index is 0.123. The number of halogens is 1. The van der Waals surface area contributed by atoms with Crippen molar-refractivity contribution < 1.29 is 19.1 Å². The Morgan fingerprint density at radius 3 is 2.41 bits per heavy atom. The number of likely N-dealkylation sites (tertiary alicyclic amines) is 1. The Morgan fingerprint density at radius 2 is 1.86 bits per heavy atom. The molecule has 1 aromatic carbocycles. The molecule has 0 spiro atoms. The largest absolute Gasteiger partial charge is 0.445 e. The summed E-state index contributed by atoms with van der Waals surface area (Å²) in [5, 5.41) is 2.57. The van der Waals surface area contributed by atoms with Gasteiger partial charge in [-0.05, 0) is 12.5 Å². The fourth-order valence-corrected chi connectivity index (χ4v) is 2.54. The summed E-state index contributed by atoms with van der Waals surface area (Å²) in [6, 6.07) is 9.25. The van der Waals surface area contributed by atoms with Gasteiger partial charge in [0.05, 0.1) is 4.83 Å². The first-order valence-corrected chi connectivity index (χ1v) is 7.87. The van der Waals surface area contributed by atoms with E-state index in [1.165, 1.54) is 0 Å². The second-order valence-electron chi connectivity index (χ2n) is 4.99. The lowest BCUT2D eigenvalue weighted by atomic mass is 10.2. The summed E-state index contributed by atoms with van der Waals surface area (Å²) >= 11 is 3.31. The molecule has 0 aromatic heterocycles. The first kappa shape index (κ1) is 16.5. The monoisotopic (exact) mass is 368 g/mol. The van der Waals surface area contributed by atoms with Gasteiger partial charge in [-0.3, -0.25) is 19.8 Å². The molecular weight excluding hydrogens is 352 g/mol. The van der Waals surface area contributed by atoms with Crippen molar-refractivity contribution in [3.63, 3.8) is 0 Å². The molecule has 118 valence electrons. The number of nitrogens with zero attached hydrogens (tertiary/aromatic N) is 1. The Balaban J connectivity index is 1.94. The Kier molecular flexibility index (Phi) is 5.54. The molecule has 1 aromatic rings. The van der Waals surface area contributed by atoms with Crippen LogP contribution in [-0.4, -0.2) is 33.8 Å². The molecule has 1 N–H and O–H groups in total. The predicted octanol–water partition coefficient (Wildman–Crippen LogP) is 2.17. The molecule has 1 aliphatic rings. The van der Waals surface area contributed by atoms with E-state index >= 15 is 0 Å². The van der Waals surface area contributed by atoms with E-state index in [9.17, 15) is 14.4 Å². The lowest BCUT2D eigenvalue weighted by Crippen LogP contribution is -2.54. The molecule has 22 heavy (non-hydrogen) atoms. The first-order chi connectivity index (χ1) is 10.5. The van der Waals surface area contributed by atoms with Crippen LogP contribution in [0.25, 0.3) is 0 Å². The van der Waals surface area contributed by atoms with Gasteiger partial charge in [0.15, 0.2) is 0 Å². The van der Waals surface area contributed by atoms with E-state index in [1.54, 1.807) is 6.92 Å². The van der Waals surface area contributed by atoms with Crippen LogP contribution in [-0.2, 0) is 20.9 Å². The maximum Gasteiger partial charge on any atom is 0.409 e. The van der Waals surface area contributed by atoms with Crippen molar-refractivity contribution in [3.8, 4) is 0 Å². The third-order valence-corrected chi connectivity index (χ3v) is 3.78. The van der Waals surface area contributed by atoms with Crippen LogP contribution >= 0.6 is 15.9 Å². The molecule has 0 saturated carbocycles. The van der Waals surface area contributed by atoms with E-state index in [0.717, 1.165) is 10.5 Å². The molecule has 0 unspecified atom stereocenters. The highest BCUT2D eigenvalue weighted by molar-refractivity contribution is 9.09. The number of hydrogen-bond donors (Lipinski definition) is 1. The van der Waals surface area contributed by atoms with Crippen LogP contribution in [0.5, 0.6) is 0 Å². The molecule has 2 atom stereocenters. The Labute approximate surface area is 136 Å². The van der Waals surface area contributed by atoms with Crippen LogP contribution in [0.2, 0.25) is 0 Å². The Hall–Kier alpha value is -1.89. The van der Waals surface area contributed by atoms with Crippen molar-refractivity contribution >= 4 is 33.8 Å². The molecule has 1 heterocycles. The van der Waals surface area contributed by atoms with E-state index in [2.05, 4.69) is 21.2 Å². The smallest absolute Gasteiger partial charge is 0.409 e. The molecule has 2 rings (SSSR count). The summed E-state index contributed by atoms with van der Waals surface area (Å²) < 4.78 is 5.12. The fraction of sp³-hybridized carbons (Fsp3) is 0.400. The van der Waals surface area contributed by atoms with Gasteiger partial charge in [-0.25, -0.2) is 4.79 Å². The van der Waals surface area contributed by atoms with Crippen molar-refractivity contribution in [2.45, 2.75) is 37.4 Å². The number of amides is 3. The van der Waals surface area contributed by atoms with Crippen molar-refractivity contribution in [2.75, 3.05) is 0 Å². The van der Waals surface area contributed by atoms with Gasteiger partial charge in [0.2, 0.25) is 11.8 Å². The van der Waals surface area contributed by atoms with E-state index in [1.807, 2.05) is 30.3 Å². The number of benzene rings is 1. The molecule has 0 bridgehead atoms. The topological polar surface area (TPSA) is 75.7 Å². The van der Waals surface area contributed by atoms with Gasteiger partial charge >= 0.3 is 6.09 Å². The minimum Gasteiger partial charge on any atom is -0.445 e. The zero-order valence-electron chi connectivity index (χ0n) is 12.1. The van der Waals surface area contributed by atoms with E-state index in [0.29, 0.717) is 0 Å². The van der Waals surface area contributed by atoms with Crippen molar-refractivity contribution in [3.05, 3.63) is 35.9 Å². The van der Waals surface area contributed by atoms with Gasteiger partial charge in [-0.1, -0.05) is 46.3 Å². The number of rotatable bonds is 5. The summed E-state index contributed by atoms with van der Waals surface area (Å²) in [6.45, 7) is 1.87. The highest BCUT2D eigenvalue weighted by Gasteiger charge is 2.38. The first-order valence-electron chi connectivity index (χ1n) is 6.95. The number of ether oxygens (including phenoxy) is 1. The van der Waals surface area contributed by atoms with E-state index < -0.39 is 12.3 Å². The number of imide groups is 1. The summed E-state index contributed by atoms with van der Waals surface area (Å²) in [5.41, 5.74) is 0.856. The van der Waals surface area contributed by atoms with Gasteiger partial charge < -0.3 is 4.74 Å². The Bertz CT molecular complexity index is 546. The van der Waals surface area contributed by atoms with Gasteiger partial charge in [-0.15, -0.1) is 0 Å². The van der Waals surface area contributed by atoms with E-state index in [4.69, 9.17) is 4.74 Å². The normalized spacial score (nSPS) is 17.3. The average molecular weight is 369 g/mol. The summed E-state index contributed by atoms with van der Waals surface area (Å²) in [6.07, 6.45) is -1.08. The standard InChI is InChI=1S/C15H17BrN2O4/c1-10(16)14(18-12(19)7-8-13(18)20)17-15(21)22-9-11-5-3-2-4-6-11/h2-6,10,14H,7-9H2,1H3,(H,17,21)/t10-,14+/m1/s1. The number of nitrogens with one attached hydrogen (secondary N) is 1. The molecular formula is C15H17BrN2O4. The maximum absolute atomic E-state index is 11.9. The highest BCUT2D eigenvalue weighted by Crippen LogP contribution is 2.19. The number of carbonyl (C=O) groups is 3. The third kappa shape index (κ3) is 4.07. The second kappa shape index (κ2) is 7.40. The lowest BCUT2D eigenvalue weighted by molar-refractivity contribution is -0.141. The molecule has 1 fully saturated rings. The van der Waals surface area contributed by atoms with Gasteiger partial charge in [0, 0.05) is 12.8 Å². The van der Waals surface area contributed by atoms with Crippen LogP contribution in [0.1, 0.15) is 25.3 Å². The third-order valence-electron chi connectivity index (χ3n) is 3.28. The fourth-order valence-electron chi connectivity index (χ4n) is 2.17. The lowest BCUT2D eigenvalue weighted by Gasteiger charge is -2.28. The van der Waals surface area contributed by atoms with Crippen molar-refractivity contribution in [2.24, 2.45) is 0 Å². The van der Waals surface area contributed by atoms with Gasteiger partial charge in [0.1, 0.15) is 12.8 Å². The molecule has 6 nitrogen and oxygen atoms in total. The van der Waals surface area contributed by atoms with Crippen molar-refractivity contribution in [1.82, 2.24) is 10.2 Å². The molecule has 1 aliphatic heterocycles. The number of alkyl halides is 1. The highest BCUT2D eigenvalue weighted by atomic mass is 79.9. The zero-order valence-corrected chi connectivity index (χ0v) is 13.7. The average Bonchev–Trinajstić information content (AvgIpc) is 2.83. The number of hydrogen-bond acceptors (Lipinski definition) is 4. The molecule has 7 heteroatoms. The molecule has 3 amide bonds. The molecule has 0 aliphatic carbocycles. The minimum atomic E-state index is -0.759.